The lowest BCUT2D eigenvalue weighted by Gasteiger charge is -2.19. The van der Waals surface area contributed by atoms with Gasteiger partial charge >= 0.3 is 0 Å². The molecule has 0 N–H and O–H groups in total. The summed E-state index contributed by atoms with van der Waals surface area (Å²) in [4.78, 5) is 2.57. The molecule has 1 aromatic rings. The van der Waals surface area contributed by atoms with Crippen molar-refractivity contribution in [3.8, 4) is 0 Å². The van der Waals surface area contributed by atoms with Crippen LogP contribution in [-0.2, 0) is 6.54 Å². The number of nitrogens with zero attached hydrogens (tertiary/aromatic N) is 3. The van der Waals surface area contributed by atoms with Crippen LogP contribution in [-0.4, -0.2) is 34.3 Å². The Balaban J connectivity index is 1.76. The minimum absolute atomic E-state index is 1.04. The average molecular weight is 207 g/mol. The van der Waals surface area contributed by atoms with Crippen LogP contribution >= 0.6 is 0 Å². The largest absolute Gasteiger partial charge is 0.301 e. The van der Waals surface area contributed by atoms with Gasteiger partial charge in [0.25, 0.3) is 0 Å². The Labute approximate surface area is 92.1 Å². The zero-order chi connectivity index (χ0) is 10.5. The summed E-state index contributed by atoms with van der Waals surface area (Å²) in [5.41, 5.74) is 1.26. The first-order valence-electron chi connectivity index (χ1n) is 6.06. The molecule has 0 amide bonds. The maximum Gasteiger partial charge on any atom is 0.0536 e. The summed E-state index contributed by atoms with van der Waals surface area (Å²) >= 11 is 0. The highest BCUT2D eigenvalue weighted by atomic mass is 15.3. The van der Waals surface area contributed by atoms with E-state index in [9.17, 15) is 0 Å². The van der Waals surface area contributed by atoms with Crippen LogP contribution in [0.15, 0.2) is 12.4 Å². The maximum atomic E-state index is 4.31. The standard InChI is InChI=1S/C12H21N3/c1-12-10-13-15(11-12)9-8-14-6-4-2-3-5-7-14/h10-11H,2-9H2,1H3. The predicted molar refractivity (Wildman–Crippen MR) is 61.9 cm³/mol. The van der Waals surface area contributed by atoms with Gasteiger partial charge in [-0.2, -0.15) is 5.10 Å². The van der Waals surface area contributed by atoms with Crippen LogP contribution in [0, 0.1) is 6.92 Å². The smallest absolute Gasteiger partial charge is 0.0536 e. The van der Waals surface area contributed by atoms with E-state index in [-0.39, 0.29) is 0 Å². The van der Waals surface area contributed by atoms with Gasteiger partial charge in [-0.3, -0.25) is 4.68 Å². The number of hydrogen-bond donors (Lipinski definition) is 0. The molecule has 0 spiro atoms. The van der Waals surface area contributed by atoms with Crippen LogP contribution in [0.2, 0.25) is 0 Å². The molecule has 1 saturated heterocycles. The van der Waals surface area contributed by atoms with Crippen molar-refractivity contribution in [2.45, 2.75) is 39.2 Å². The number of likely N-dealkylation sites (tertiary alicyclic amines) is 1. The van der Waals surface area contributed by atoms with E-state index in [1.807, 2.05) is 6.20 Å². The van der Waals surface area contributed by atoms with Crippen molar-refractivity contribution in [3.63, 3.8) is 0 Å². The van der Waals surface area contributed by atoms with E-state index < -0.39 is 0 Å². The zero-order valence-electron chi connectivity index (χ0n) is 9.65. The Hall–Kier alpha value is -0.830. The highest BCUT2D eigenvalue weighted by Gasteiger charge is 2.08. The Morgan fingerprint density at radius 1 is 1.13 bits per heavy atom. The highest BCUT2D eigenvalue weighted by Crippen LogP contribution is 2.09. The van der Waals surface area contributed by atoms with Crippen LogP contribution in [0.3, 0.4) is 0 Å². The second-order valence-electron chi connectivity index (χ2n) is 4.54. The van der Waals surface area contributed by atoms with Crippen LogP contribution in [0.4, 0.5) is 0 Å². The fraction of sp³-hybridized carbons (Fsp3) is 0.750. The third-order valence-corrected chi connectivity index (χ3v) is 3.11. The molecule has 1 fully saturated rings. The molecule has 0 aromatic carbocycles. The van der Waals surface area contributed by atoms with Crippen molar-refractivity contribution in [1.29, 1.82) is 0 Å². The topological polar surface area (TPSA) is 21.1 Å². The van der Waals surface area contributed by atoms with Crippen LogP contribution < -0.4 is 0 Å². The molecular formula is C12H21N3. The summed E-state index contributed by atoms with van der Waals surface area (Å²) < 4.78 is 2.06. The van der Waals surface area contributed by atoms with Crippen molar-refractivity contribution >= 4 is 0 Å². The molecule has 0 saturated carbocycles. The Morgan fingerprint density at radius 3 is 2.47 bits per heavy atom. The monoisotopic (exact) mass is 207 g/mol. The second-order valence-corrected chi connectivity index (χ2v) is 4.54. The lowest BCUT2D eigenvalue weighted by molar-refractivity contribution is 0.268. The van der Waals surface area contributed by atoms with Crippen molar-refractivity contribution < 1.29 is 0 Å². The van der Waals surface area contributed by atoms with Gasteiger partial charge in [-0.05, 0) is 38.4 Å². The molecule has 0 unspecified atom stereocenters. The van der Waals surface area contributed by atoms with Crippen molar-refractivity contribution in [3.05, 3.63) is 18.0 Å². The molecule has 0 aliphatic carbocycles. The third-order valence-electron chi connectivity index (χ3n) is 3.11. The zero-order valence-corrected chi connectivity index (χ0v) is 9.65. The normalized spacial score (nSPS) is 19.0. The average Bonchev–Trinajstić information content (AvgIpc) is 2.52. The summed E-state index contributed by atoms with van der Waals surface area (Å²) in [6.45, 7) is 6.84. The molecule has 2 heterocycles. The molecule has 15 heavy (non-hydrogen) atoms. The van der Waals surface area contributed by atoms with E-state index in [4.69, 9.17) is 0 Å². The summed E-state index contributed by atoms with van der Waals surface area (Å²) in [6.07, 6.45) is 9.63. The second kappa shape index (κ2) is 5.31. The van der Waals surface area contributed by atoms with Crippen LogP contribution in [0.25, 0.3) is 0 Å². The van der Waals surface area contributed by atoms with Gasteiger partial charge in [0.1, 0.15) is 0 Å². The van der Waals surface area contributed by atoms with Gasteiger partial charge in [0.2, 0.25) is 0 Å². The Kier molecular flexibility index (Phi) is 3.78. The molecule has 0 bridgehead atoms. The molecule has 1 aliphatic heterocycles. The lowest BCUT2D eigenvalue weighted by atomic mass is 10.2. The minimum Gasteiger partial charge on any atom is -0.301 e. The van der Waals surface area contributed by atoms with E-state index >= 15 is 0 Å². The predicted octanol–water partition coefficient (Wildman–Crippen LogP) is 2.07. The first-order chi connectivity index (χ1) is 7.34. The van der Waals surface area contributed by atoms with Gasteiger partial charge in [-0.15, -0.1) is 0 Å². The fourth-order valence-corrected chi connectivity index (χ4v) is 2.19. The number of aromatic nitrogens is 2. The van der Waals surface area contributed by atoms with Gasteiger partial charge in [0, 0.05) is 12.7 Å². The van der Waals surface area contributed by atoms with E-state index in [2.05, 4.69) is 27.8 Å². The summed E-state index contributed by atoms with van der Waals surface area (Å²) in [7, 11) is 0. The number of aryl methyl sites for hydroxylation is 1. The number of hydrogen-bond acceptors (Lipinski definition) is 2. The molecule has 0 atom stereocenters. The molecule has 1 aliphatic rings. The first-order valence-corrected chi connectivity index (χ1v) is 6.06. The van der Waals surface area contributed by atoms with Crippen molar-refractivity contribution in [1.82, 2.24) is 14.7 Å². The molecule has 3 heteroatoms. The molecule has 0 radical (unpaired) electrons. The van der Waals surface area contributed by atoms with Crippen LogP contribution in [0.1, 0.15) is 31.2 Å². The minimum atomic E-state index is 1.04. The fourth-order valence-electron chi connectivity index (χ4n) is 2.19. The Morgan fingerprint density at radius 2 is 1.87 bits per heavy atom. The summed E-state index contributed by atoms with van der Waals surface area (Å²) in [5.74, 6) is 0. The number of rotatable bonds is 3. The summed E-state index contributed by atoms with van der Waals surface area (Å²) in [6, 6.07) is 0. The Bertz CT molecular complexity index is 285. The highest BCUT2D eigenvalue weighted by molar-refractivity contribution is 4.99. The van der Waals surface area contributed by atoms with Crippen molar-refractivity contribution in [2.75, 3.05) is 19.6 Å². The molecule has 3 nitrogen and oxygen atoms in total. The van der Waals surface area contributed by atoms with E-state index in [1.54, 1.807) is 0 Å². The van der Waals surface area contributed by atoms with Gasteiger partial charge in [0.15, 0.2) is 0 Å². The SMILES string of the molecule is Cc1cnn(CCN2CCCCCC2)c1. The molecule has 84 valence electrons. The molecule has 2 rings (SSSR count). The van der Waals surface area contributed by atoms with E-state index in [0.29, 0.717) is 0 Å². The third kappa shape index (κ3) is 3.34. The quantitative estimate of drug-likeness (QED) is 0.756. The maximum absolute atomic E-state index is 4.31. The molecule has 1 aromatic heterocycles. The first kappa shape index (κ1) is 10.7. The van der Waals surface area contributed by atoms with Crippen molar-refractivity contribution in [2.24, 2.45) is 0 Å². The van der Waals surface area contributed by atoms with Gasteiger partial charge in [-0.1, -0.05) is 12.8 Å². The van der Waals surface area contributed by atoms with Gasteiger partial charge in [-0.25, -0.2) is 0 Å². The summed E-state index contributed by atoms with van der Waals surface area (Å²) in [5, 5.41) is 4.31. The van der Waals surface area contributed by atoms with E-state index in [1.165, 1.54) is 44.3 Å². The van der Waals surface area contributed by atoms with E-state index in [0.717, 1.165) is 13.1 Å². The van der Waals surface area contributed by atoms with Gasteiger partial charge in [0.05, 0.1) is 12.7 Å². The lowest BCUT2D eigenvalue weighted by Crippen LogP contribution is -2.28. The molecular weight excluding hydrogens is 186 g/mol. The van der Waals surface area contributed by atoms with Gasteiger partial charge < -0.3 is 4.90 Å². The van der Waals surface area contributed by atoms with Crippen LogP contribution in [0.5, 0.6) is 0 Å².